The van der Waals surface area contributed by atoms with Crippen LogP contribution in [0.15, 0.2) is 6.07 Å². The number of pyridine rings is 1. The summed E-state index contributed by atoms with van der Waals surface area (Å²) in [6.45, 7) is -1.65. The Kier molecular flexibility index (Phi) is 4.28. The molecule has 102 valence electrons. The molecule has 0 atom stereocenters. The lowest BCUT2D eigenvalue weighted by atomic mass is 10.1. The summed E-state index contributed by atoms with van der Waals surface area (Å²) in [5.74, 6) is -1.51. The molecule has 2 nitrogen and oxygen atoms in total. The van der Waals surface area contributed by atoms with Crippen LogP contribution >= 0.6 is 22.6 Å². The first kappa shape index (κ1) is 15.2. The Hall–Kier alpha value is -0.810. The van der Waals surface area contributed by atoms with Crippen LogP contribution in [0.2, 0.25) is 0 Å². The van der Waals surface area contributed by atoms with Crippen LogP contribution in [0, 0.1) is 3.70 Å². The Balaban J connectivity index is 3.43. The molecule has 0 saturated heterocycles. The molecule has 0 fully saturated rings. The minimum atomic E-state index is -5.31. The second-order valence-electron chi connectivity index (χ2n) is 2.94. The zero-order chi connectivity index (χ0) is 14.1. The average Bonchev–Trinajstić information content (AvgIpc) is 2.11. The van der Waals surface area contributed by atoms with Crippen molar-refractivity contribution >= 4 is 22.6 Å². The first-order valence-corrected chi connectivity index (χ1v) is 5.21. The van der Waals surface area contributed by atoms with Crippen LogP contribution < -0.4 is 4.74 Å². The van der Waals surface area contributed by atoms with Gasteiger partial charge in [-0.05, 0) is 22.6 Å². The van der Waals surface area contributed by atoms with E-state index in [1.807, 2.05) is 0 Å². The number of alkyl halides is 7. The predicted molar refractivity (Wildman–Crippen MR) is 53.5 cm³/mol. The van der Waals surface area contributed by atoms with E-state index in [1.165, 1.54) is 22.6 Å². The number of hydrogen-bond acceptors (Lipinski definition) is 2. The molecule has 10 heteroatoms. The van der Waals surface area contributed by atoms with Crippen molar-refractivity contribution in [1.29, 1.82) is 0 Å². The third kappa shape index (κ3) is 3.85. The fraction of sp³-hybridized carbons (Fsp3) is 0.375. The summed E-state index contributed by atoms with van der Waals surface area (Å²) in [4.78, 5) is 3.19. The number of nitrogens with zero attached hydrogens (tertiary/aromatic N) is 1. The molecular formula is C8H3F7INO. The standard InChI is InChI=1S/C8H3F7INO/c9-2-3-6(7(10,11)12)4(1-5(16)17-3)18-8(13,14)15/h1H,2H2. The van der Waals surface area contributed by atoms with Crippen LogP contribution in [0.25, 0.3) is 0 Å². The molecule has 0 saturated carbocycles. The van der Waals surface area contributed by atoms with Gasteiger partial charge >= 0.3 is 12.5 Å². The van der Waals surface area contributed by atoms with Gasteiger partial charge in [-0.25, -0.2) is 9.37 Å². The Morgan fingerprint density at radius 3 is 2.11 bits per heavy atom. The van der Waals surface area contributed by atoms with Crippen molar-refractivity contribution in [1.82, 2.24) is 4.98 Å². The van der Waals surface area contributed by atoms with Gasteiger partial charge in [-0.15, -0.1) is 13.2 Å². The summed E-state index contributed by atoms with van der Waals surface area (Å²) in [5.41, 5.74) is -3.00. The quantitative estimate of drug-likeness (QED) is 0.432. The van der Waals surface area contributed by atoms with E-state index in [0.29, 0.717) is 6.07 Å². The molecule has 18 heavy (non-hydrogen) atoms. The molecule has 1 aromatic rings. The predicted octanol–water partition coefficient (Wildman–Crippen LogP) is 4.07. The van der Waals surface area contributed by atoms with Gasteiger partial charge in [-0.1, -0.05) is 0 Å². The molecule has 1 aromatic heterocycles. The monoisotopic (exact) mass is 389 g/mol. The van der Waals surface area contributed by atoms with Crippen molar-refractivity contribution < 1.29 is 35.5 Å². The fourth-order valence-corrected chi connectivity index (χ4v) is 1.72. The largest absolute Gasteiger partial charge is 0.573 e. The Morgan fingerprint density at radius 1 is 1.17 bits per heavy atom. The minimum absolute atomic E-state index is 0.243. The normalized spacial score (nSPS) is 12.7. The molecule has 1 heterocycles. The molecule has 0 bridgehead atoms. The topological polar surface area (TPSA) is 22.1 Å². The smallest absolute Gasteiger partial charge is 0.405 e. The minimum Gasteiger partial charge on any atom is -0.405 e. The average molecular weight is 389 g/mol. The van der Waals surface area contributed by atoms with E-state index in [0.717, 1.165) is 0 Å². The van der Waals surface area contributed by atoms with Crippen LogP contribution in [0.1, 0.15) is 11.3 Å². The highest BCUT2D eigenvalue weighted by Crippen LogP contribution is 2.40. The Morgan fingerprint density at radius 2 is 1.72 bits per heavy atom. The molecule has 0 aliphatic carbocycles. The highest BCUT2D eigenvalue weighted by molar-refractivity contribution is 14.1. The second-order valence-corrected chi connectivity index (χ2v) is 4.05. The SMILES string of the molecule is FCc1nc(I)cc(OC(F)(F)F)c1C(F)(F)F. The van der Waals surface area contributed by atoms with Gasteiger partial charge in [0.2, 0.25) is 0 Å². The van der Waals surface area contributed by atoms with E-state index in [4.69, 9.17) is 0 Å². The summed E-state index contributed by atoms with van der Waals surface area (Å²) < 4.78 is 89.0. The highest BCUT2D eigenvalue weighted by Gasteiger charge is 2.42. The molecule has 0 N–H and O–H groups in total. The molecule has 0 amide bonds. The maximum absolute atomic E-state index is 12.5. The Labute approximate surface area is 109 Å². The van der Waals surface area contributed by atoms with E-state index in [1.54, 1.807) is 0 Å². The van der Waals surface area contributed by atoms with Crippen LogP contribution in [-0.4, -0.2) is 11.3 Å². The van der Waals surface area contributed by atoms with Crippen LogP contribution in [0.5, 0.6) is 5.75 Å². The van der Waals surface area contributed by atoms with Crippen molar-refractivity contribution in [2.75, 3.05) is 0 Å². The third-order valence-electron chi connectivity index (χ3n) is 1.66. The zero-order valence-corrected chi connectivity index (χ0v) is 10.3. The number of ether oxygens (including phenoxy) is 1. The summed E-state index contributed by atoms with van der Waals surface area (Å²) in [5, 5.41) is 0. The lowest BCUT2D eigenvalue weighted by Gasteiger charge is -2.17. The molecule has 0 radical (unpaired) electrons. The molecule has 0 unspecified atom stereocenters. The van der Waals surface area contributed by atoms with Gasteiger partial charge in [0.15, 0.2) is 0 Å². The van der Waals surface area contributed by atoms with E-state index in [-0.39, 0.29) is 3.70 Å². The molecule has 0 aliphatic heterocycles. The number of hydrogen-bond donors (Lipinski definition) is 0. The molecule has 1 rings (SSSR count). The third-order valence-corrected chi connectivity index (χ3v) is 2.22. The molecule has 0 spiro atoms. The van der Waals surface area contributed by atoms with Crippen molar-refractivity contribution in [3.63, 3.8) is 0 Å². The van der Waals surface area contributed by atoms with Crippen molar-refractivity contribution in [2.24, 2.45) is 0 Å². The van der Waals surface area contributed by atoms with Gasteiger partial charge in [-0.2, -0.15) is 13.2 Å². The first-order valence-electron chi connectivity index (χ1n) is 4.13. The molecule has 0 aliphatic rings. The van der Waals surface area contributed by atoms with Crippen molar-refractivity contribution in [3.8, 4) is 5.75 Å². The molecular weight excluding hydrogens is 386 g/mol. The van der Waals surface area contributed by atoms with Gasteiger partial charge in [0.25, 0.3) is 0 Å². The van der Waals surface area contributed by atoms with E-state index < -0.39 is 36.2 Å². The van der Waals surface area contributed by atoms with Gasteiger partial charge < -0.3 is 4.74 Å². The number of aromatic nitrogens is 1. The van der Waals surface area contributed by atoms with Crippen LogP contribution in [0.3, 0.4) is 0 Å². The van der Waals surface area contributed by atoms with E-state index in [9.17, 15) is 30.7 Å². The summed E-state index contributed by atoms with van der Waals surface area (Å²) in [6, 6.07) is 0.441. The molecule has 0 aromatic carbocycles. The highest BCUT2D eigenvalue weighted by atomic mass is 127. The lowest BCUT2D eigenvalue weighted by molar-refractivity contribution is -0.276. The zero-order valence-electron chi connectivity index (χ0n) is 8.16. The van der Waals surface area contributed by atoms with E-state index >= 15 is 0 Å². The summed E-state index contributed by atoms with van der Waals surface area (Å²) >= 11 is 1.36. The van der Waals surface area contributed by atoms with Crippen LogP contribution in [-0.2, 0) is 12.9 Å². The number of rotatable bonds is 2. The van der Waals surface area contributed by atoms with E-state index in [2.05, 4.69) is 9.72 Å². The van der Waals surface area contributed by atoms with Crippen molar-refractivity contribution in [2.45, 2.75) is 19.2 Å². The van der Waals surface area contributed by atoms with Crippen molar-refractivity contribution in [3.05, 3.63) is 21.0 Å². The maximum Gasteiger partial charge on any atom is 0.573 e. The van der Waals surface area contributed by atoms with Gasteiger partial charge in [0, 0.05) is 6.07 Å². The van der Waals surface area contributed by atoms with Gasteiger partial charge in [0.05, 0.1) is 5.69 Å². The van der Waals surface area contributed by atoms with Gasteiger partial charge in [0.1, 0.15) is 21.7 Å². The lowest BCUT2D eigenvalue weighted by Crippen LogP contribution is -2.22. The maximum atomic E-state index is 12.5. The summed E-state index contributed by atoms with van der Waals surface area (Å²) in [7, 11) is 0. The van der Waals surface area contributed by atoms with Crippen LogP contribution in [0.4, 0.5) is 30.7 Å². The Bertz CT molecular complexity index is 442. The summed E-state index contributed by atoms with van der Waals surface area (Å²) in [6.07, 6.45) is -10.5. The number of halogens is 8. The first-order chi connectivity index (χ1) is 8.04. The second kappa shape index (κ2) is 5.05. The van der Waals surface area contributed by atoms with Gasteiger partial charge in [-0.3, -0.25) is 0 Å². The fourth-order valence-electron chi connectivity index (χ4n) is 1.14.